The maximum Gasteiger partial charge on any atom is 0.316 e. The van der Waals surface area contributed by atoms with Crippen molar-refractivity contribution in [1.29, 1.82) is 0 Å². The highest BCUT2D eigenvalue weighted by Gasteiger charge is 2.15. The number of nitrogens with zero attached hydrogens (tertiary/aromatic N) is 4. The Morgan fingerprint density at radius 1 is 1.32 bits per heavy atom. The lowest BCUT2D eigenvalue weighted by Gasteiger charge is -2.03. The van der Waals surface area contributed by atoms with Crippen LogP contribution in [0.25, 0.3) is 11.4 Å². The monoisotopic (exact) mass is 341 g/mol. The van der Waals surface area contributed by atoms with Gasteiger partial charge in [0.1, 0.15) is 0 Å². The highest BCUT2D eigenvalue weighted by molar-refractivity contribution is 5.89. The molecule has 0 spiro atoms. The molecule has 130 valence electrons. The van der Waals surface area contributed by atoms with E-state index in [1.54, 1.807) is 19.6 Å². The third-order valence-corrected chi connectivity index (χ3v) is 3.57. The standard InChI is InChI=1S/C17H19N5O3/c1-24-10-2-7-19-16(23)17-20-15(21-25-17)14-5-3-13(4-6-14)11-22-9-8-18-12-22/h3-6,8-9,12H,2,7,10-11H2,1H3,(H,19,23). The van der Waals surface area contributed by atoms with Gasteiger partial charge in [0.15, 0.2) is 0 Å². The van der Waals surface area contributed by atoms with E-state index in [2.05, 4.69) is 20.4 Å². The second kappa shape index (κ2) is 8.20. The molecular weight excluding hydrogens is 322 g/mol. The summed E-state index contributed by atoms with van der Waals surface area (Å²) in [6.07, 6.45) is 6.15. The molecule has 2 aromatic heterocycles. The van der Waals surface area contributed by atoms with Crippen LogP contribution in [-0.2, 0) is 11.3 Å². The van der Waals surface area contributed by atoms with E-state index in [0.29, 0.717) is 19.0 Å². The van der Waals surface area contributed by atoms with Gasteiger partial charge in [-0.15, -0.1) is 0 Å². The van der Waals surface area contributed by atoms with Gasteiger partial charge in [-0.1, -0.05) is 29.4 Å². The minimum Gasteiger partial charge on any atom is -0.385 e. The average Bonchev–Trinajstić information content (AvgIpc) is 3.31. The first kappa shape index (κ1) is 16.8. The number of ether oxygens (including phenoxy) is 1. The molecule has 0 aliphatic carbocycles. The number of methoxy groups -OCH3 is 1. The zero-order valence-electron chi connectivity index (χ0n) is 13.9. The minimum atomic E-state index is -0.383. The van der Waals surface area contributed by atoms with Crippen LogP contribution in [0.4, 0.5) is 0 Å². The molecule has 0 aliphatic rings. The fourth-order valence-corrected chi connectivity index (χ4v) is 2.28. The van der Waals surface area contributed by atoms with Crippen molar-refractivity contribution in [3.05, 3.63) is 54.4 Å². The molecule has 0 aliphatic heterocycles. The number of hydrogen-bond donors (Lipinski definition) is 1. The number of carbonyl (C=O) groups excluding carboxylic acids is 1. The third kappa shape index (κ3) is 4.51. The Balaban J connectivity index is 1.60. The molecule has 1 aromatic carbocycles. The predicted molar refractivity (Wildman–Crippen MR) is 89.9 cm³/mol. The van der Waals surface area contributed by atoms with Crippen LogP contribution in [0.3, 0.4) is 0 Å². The second-order valence-corrected chi connectivity index (χ2v) is 5.46. The van der Waals surface area contributed by atoms with Crippen molar-refractivity contribution in [2.45, 2.75) is 13.0 Å². The van der Waals surface area contributed by atoms with Crippen LogP contribution in [0.1, 0.15) is 22.7 Å². The normalized spacial score (nSPS) is 10.8. The summed E-state index contributed by atoms with van der Waals surface area (Å²) >= 11 is 0. The summed E-state index contributed by atoms with van der Waals surface area (Å²) in [5.74, 6) is -0.0438. The zero-order valence-corrected chi connectivity index (χ0v) is 13.9. The summed E-state index contributed by atoms with van der Waals surface area (Å²) in [6, 6.07) is 7.77. The molecular formula is C17H19N5O3. The van der Waals surface area contributed by atoms with E-state index >= 15 is 0 Å². The highest BCUT2D eigenvalue weighted by atomic mass is 16.5. The van der Waals surface area contributed by atoms with Gasteiger partial charge in [0.05, 0.1) is 6.33 Å². The van der Waals surface area contributed by atoms with Gasteiger partial charge in [-0.25, -0.2) is 4.98 Å². The van der Waals surface area contributed by atoms with Crippen molar-refractivity contribution in [3.63, 3.8) is 0 Å². The SMILES string of the molecule is COCCCNC(=O)c1nc(-c2ccc(Cn3ccnc3)cc2)no1. The lowest BCUT2D eigenvalue weighted by atomic mass is 10.1. The van der Waals surface area contributed by atoms with Gasteiger partial charge < -0.3 is 19.1 Å². The third-order valence-electron chi connectivity index (χ3n) is 3.57. The molecule has 8 nitrogen and oxygen atoms in total. The van der Waals surface area contributed by atoms with Gasteiger partial charge in [0.2, 0.25) is 5.82 Å². The van der Waals surface area contributed by atoms with Gasteiger partial charge in [-0.3, -0.25) is 4.79 Å². The number of hydrogen-bond acceptors (Lipinski definition) is 6. The summed E-state index contributed by atoms with van der Waals surface area (Å²) in [6.45, 7) is 1.82. The topological polar surface area (TPSA) is 95.1 Å². The molecule has 3 aromatic rings. The summed E-state index contributed by atoms with van der Waals surface area (Å²) in [7, 11) is 1.62. The maximum absolute atomic E-state index is 11.9. The Kier molecular flexibility index (Phi) is 5.53. The van der Waals surface area contributed by atoms with Crippen LogP contribution >= 0.6 is 0 Å². The Morgan fingerprint density at radius 3 is 2.88 bits per heavy atom. The maximum atomic E-state index is 11.9. The van der Waals surface area contributed by atoms with Crippen LogP contribution in [0, 0.1) is 0 Å². The minimum absolute atomic E-state index is 0.0464. The molecule has 1 amide bonds. The molecule has 0 saturated heterocycles. The average molecular weight is 341 g/mol. The van der Waals surface area contributed by atoms with E-state index < -0.39 is 0 Å². The molecule has 1 N–H and O–H groups in total. The summed E-state index contributed by atoms with van der Waals surface area (Å²) in [4.78, 5) is 20.1. The first-order chi connectivity index (χ1) is 12.3. The summed E-state index contributed by atoms with van der Waals surface area (Å²) < 4.78 is 11.9. The highest BCUT2D eigenvalue weighted by Crippen LogP contribution is 2.17. The molecule has 8 heteroatoms. The van der Waals surface area contributed by atoms with Gasteiger partial charge in [0, 0.05) is 44.8 Å². The van der Waals surface area contributed by atoms with E-state index in [0.717, 1.165) is 24.1 Å². The zero-order chi connectivity index (χ0) is 17.5. The van der Waals surface area contributed by atoms with Crippen molar-refractivity contribution in [2.24, 2.45) is 0 Å². The molecule has 2 heterocycles. The molecule has 0 atom stereocenters. The number of imidazole rings is 1. The van der Waals surface area contributed by atoms with Crippen molar-refractivity contribution in [2.75, 3.05) is 20.3 Å². The number of nitrogens with one attached hydrogen (secondary N) is 1. The van der Waals surface area contributed by atoms with Crippen molar-refractivity contribution in [3.8, 4) is 11.4 Å². The number of carbonyl (C=O) groups is 1. The summed E-state index contributed by atoms with van der Waals surface area (Å²) in [5.41, 5.74) is 1.91. The quantitative estimate of drug-likeness (QED) is 0.627. The van der Waals surface area contributed by atoms with Crippen molar-refractivity contribution >= 4 is 5.91 Å². The molecule has 0 unspecified atom stereocenters. The van der Waals surface area contributed by atoms with E-state index in [1.807, 2.05) is 35.0 Å². The fraction of sp³-hybridized carbons (Fsp3) is 0.294. The largest absolute Gasteiger partial charge is 0.385 e. The molecule has 0 radical (unpaired) electrons. The van der Waals surface area contributed by atoms with Crippen LogP contribution in [-0.4, -0.2) is 45.9 Å². The smallest absolute Gasteiger partial charge is 0.316 e. The number of amides is 1. The number of benzene rings is 1. The lowest BCUT2D eigenvalue weighted by Crippen LogP contribution is -2.25. The molecule has 0 saturated carbocycles. The van der Waals surface area contributed by atoms with Crippen LogP contribution < -0.4 is 5.32 Å². The Hall–Kier alpha value is -3.00. The Bertz CT molecular complexity index is 796. The summed E-state index contributed by atoms with van der Waals surface area (Å²) in [5, 5.41) is 6.58. The number of aromatic nitrogens is 4. The molecule has 0 fully saturated rings. The first-order valence-corrected chi connectivity index (χ1v) is 7.92. The van der Waals surface area contributed by atoms with Crippen LogP contribution in [0.2, 0.25) is 0 Å². The predicted octanol–water partition coefficient (Wildman–Crippen LogP) is 1.75. The van der Waals surface area contributed by atoms with E-state index in [9.17, 15) is 4.79 Å². The fourth-order valence-electron chi connectivity index (χ4n) is 2.28. The first-order valence-electron chi connectivity index (χ1n) is 7.92. The molecule has 25 heavy (non-hydrogen) atoms. The Labute approximate surface area is 144 Å². The lowest BCUT2D eigenvalue weighted by molar-refractivity contribution is 0.0905. The Morgan fingerprint density at radius 2 is 2.16 bits per heavy atom. The van der Waals surface area contributed by atoms with E-state index in [1.165, 1.54) is 0 Å². The van der Waals surface area contributed by atoms with Gasteiger partial charge in [0.25, 0.3) is 0 Å². The second-order valence-electron chi connectivity index (χ2n) is 5.46. The molecule has 0 bridgehead atoms. The number of rotatable bonds is 8. The molecule has 3 rings (SSSR count). The van der Waals surface area contributed by atoms with Crippen LogP contribution in [0.5, 0.6) is 0 Å². The van der Waals surface area contributed by atoms with Gasteiger partial charge >= 0.3 is 11.8 Å². The van der Waals surface area contributed by atoms with Crippen LogP contribution in [0.15, 0.2) is 47.5 Å². The van der Waals surface area contributed by atoms with Gasteiger partial charge in [-0.05, 0) is 12.0 Å². The van der Waals surface area contributed by atoms with Crippen molar-refractivity contribution < 1.29 is 14.1 Å². The van der Waals surface area contributed by atoms with Gasteiger partial charge in [-0.2, -0.15) is 4.98 Å². The van der Waals surface area contributed by atoms with E-state index in [-0.39, 0.29) is 11.8 Å². The van der Waals surface area contributed by atoms with E-state index in [4.69, 9.17) is 9.26 Å². The van der Waals surface area contributed by atoms with Crippen molar-refractivity contribution in [1.82, 2.24) is 25.0 Å².